The first-order valence-corrected chi connectivity index (χ1v) is 11.7. The summed E-state index contributed by atoms with van der Waals surface area (Å²) in [5.74, 6) is 0.511. The molecule has 176 valence electrons. The maximum atomic E-state index is 13.6. The van der Waals surface area contributed by atoms with Crippen molar-refractivity contribution in [2.24, 2.45) is 4.99 Å². The molecule has 7 nitrogen and oxygen atoms in total. The number of allylic oxidation sites excluding steroid dienone is 1. The van der Waals surface area contributed by atoms with Gasteiger partial charge < -0.3 is 14.2 Å². The third kappa shape index (κ3) is 4.38. The Morgan fingerprint density at radius 2 is 1.85 bits per heavy atom. The van der Waals surface area contributed by atoms with Crippen molar-refractivity contribution >= 4 is 35.0 Å². The number of carbonyl (C=O) groups is 1. The lowest BCUT2D eigenvalue weighted by Crippen LogP contribution is -2.39. The van der Waals surface area contributed by atoms with E-state index in [-0.39, 0.29) is 12.2 Å². The maximum Gasteiger partial charge on any atom is 0.338 e. The second kappa shape index (κ2) is 9.87. The Morgan fingerprint density at radius 1 is 1.15 bits per heavy atom. The highest BCUT2D eigenvalue weighted by Gasteiger charge is 2.33. The first-order chi connectivity index (χ1) is 16.4. The summed E-state index contributed by atoms with van der Waals surface area (Å²) in [4.78, 5) is 31.7. The van der Waals surface area contributed by atoms with E-state index < -0.39 is 12.0 Å². The fourth-order valence-electron chi connectivity index (χ4n) is 3.84. The van der Waals surface area contributed by atoms with Gasteiger partial charge in [-0.2, -0.15) is 0 Å². The third-order valence-corrected chi connectivity index (χ3v) is 6.64. The fraction of sp³-hybridized carbons (Fsp3) is 0.240. The summed E-state index contributed by atoms with van der Waals surface area (Å²) in [6.07, 6.45) is 1.79. The standard InChI is InChI=1S/C25H23ClN2O5S/c1-5-33-24(30)21-14(2)27-25-28(22(21)16-8-11-18(31-3)19(13-16)32-4)23(29)20(34-25)12-15-6-9-17(26)10-7-15/h6-13,22H,5H2,1-4H3/t22-/m0/s1. The van der Waals surface area contributed by atoms with Crippen LogP contribution in [0.5, 0.6) is 11.5 Å². The summed E-state index contributed by atoms with van der Waals surface area (Å²) in [5, 5.41) is 0.613. The summed E-state index contributed by atoms with van der Waals surface area (Å²) in [7, 11) is 3.08. The third-order valence-electron chi connectivity index (χ3n) is 5.41. The van der Waals surface area contributed by atoms with Gasteiger partial charge in [0, 0.05) is 5.02 Å². The molecule has 0 fully saturated rings. The van der Waals surface area contributed by atoms with Gasteiger partial charge in [0.05, 0.1) is 42.7 Å². The number of aromatic nitrogens is 1. The Morgan fingerprint density at radius 3 is 2.50 bits per heavy atom. The maximum absolute atomic E-state index is 13.6. The van der Waals surface area contributed by atoms with Crippen LogP contribution < -0.4 is 24.4 Å². The van der Waals surface area contributed by atoms with Crippen LogP contribution in [0.15, 0.2) is 63.5 Å². The number of fused-ring (bicyclic) bond motifs is 1. The molecule has 4 rings (SSSR count). The van der Waals surface area contributed by atoms with Crippen molar-refractivity contribution in [3.8, 4) is 11.5 Å². The number of carbonyl (C=O) groups excluding carboxylic acids is 1. The van der Waals surface area contributed by atoms with Gasteiger partial charge in [-0.05, 0) is 55.3 Å². The number of esters is 1. The Labute approximate surface area is 205 Å². The lowest BCUT2D eigenvalue weighted by Gasteiger charge is -2.25. The molecule has 0 spiro atoms. The van der Waals surface area contributed by atoms with Gasteiger partial charge in [0.1, 0.15) is 0 Å². The van der Waals surface area contributed by atoms with Gasteiger partial charge in [-0.1, -0.05) is 41.1 Å². The highest BCUT2D eigenvalue weighted by Crippen LogP contribution is 2.36. The zero-order valence-corrected chi connectivity index (χ0v) is 20.7. The fourth-order valence-corrected chi connectivity index (χ4v) is 5.01. The molecule has 0 saturated heterocycles. The van der Waals surface area contributed by atoms with E-state index in [0.717, 1.165) is 5.56 Å². The molecular formula is C25H23ClN2O5S. The van der Waals surface area contributed by atoms with Crippen LogP contribution in [0.4, 0.5) is 0 Å². The number of hydrogen-bond donors (Lipinski definition) is 0. The van der Waals surface area contributed by atoms with Crippen molar-refractivity contribution in [1.29, 1.82) is 0 Å². The molecule has 9 heteroatoms. The minimum Gasteiger partial charge on any atom is -0.493 e. The Balaban J connectivity index is 1.96. The molecular weight excluding hydrogens is 476 g/mol. The normalized spacial score (nSPS) is 15.6. The number of halogens is 1. The van der Waals surface area contributed by atoms with Crippen molar-refractivity contribution in [1.82, 2.24) is 4.57 Å². The van der Waals surface area contributed by atoms with E-state index in [1.54, 1.807) is 57.4 Å². The molecule has 0 aliphatic carbocycles. The monoisotopic (exact) mass is 498 g/mol. The molecule has 1 aliphatic heterocycles. The van der Waals surface area contributed by atoms with Crippen LogP contribution in [-0.4, -0.2) is 31.4 Å². The highest BCUT2D eigenvalue weighted by atomic mass is 35.5. The van der Waals surface area contributed by atoms with Crippen LogP contribution in [0.1, 0.15) is 31.0 Å². The van der Waals surface area contributed by atoms with Crippen LogP contribution in [0, 0.1) is 0 Å². The van der Waals surface area contributed by atoms with Gasteiger partial charge >= 0.3 is 5.97 Å². The van der Waals surface area contributed by atoms with Gasteiger partial charge in [-0.3, -0.25) is 9.36 Å². The van der Waals surface area contributed by atoms with Crippen molar-refractivity contribution in [2.45, 2.75) is 19.9 Å². The average molecular weight is 499 g/mol. The Bertz CT molecular complexity index is 1450. The van der Waals surface area contributed by atoms with Crippen molar-refractivity contribution in [3.05, 3.63) is 89.6 Å². The number of thiazole rings is 1. The van der Waals surface area contributed by atoms with Crippen LogP contribution in [0.25, 0.3) is 6.08 Å². The average Bonchev–Trinajstić information content (AvgIpc) is 3.13. The molecule has 2 aromatic carbocycles. The summed E-state index contributed by atoms with van der Waals surface area (Å²) >= 11 is 7.25. The van der Waals surface area contributed by atoms with E-state index in [9.17, 15) is 9.59 Å². The van der Waals surface area contributed by atoms with Crippen molar-refractivity contribution in [2.75, 3.05) is 20.8 Å². The van der Waals surface area contributed by atoms with Gasteiger partial charge in [0.25, 0.3) is 5.56 Å². The largest absolute Gasteiger partial charge is 0.493 e. The molecule has 0 radical (unpaired) electrons. The zero-order valence-electron chi connectivity index (χ0n) is 19.1. The molecule has 0 amide bonds. The molecule has 0 unspecified atom stereocenters. The topological polar surface area (TPSA) is 79.1 Å². The molecule has 0 bridgehead atoms. The lowest BCUT2D eigenvalue weighted by atomic mass is 9.95. The molecule has 0 N–H and O–H groups in total. The SMILES string of the molecule is CCOC(=O)C1=C(C)N=c2sc(=Cc3ccc(Cl)cc3)c(=O)n2[C@H]1c1ccc(OC)c(OC)c1. The van der Waals surface area contributed by atoms with E-state index in [1.807, 2.05) is 12.1 Å². The van der Waals surface area contributed by atoms with Gasteiger partial charge in [-0.15, -0.1) is 0 Å². The predicted molar refractivity (Wildman–Crippen MR) is 131 cm³/mol. The van der Waals surface area contributed by atoms with Crippen LogP contribution in [0.3, 0.4) is 0 Å². The molecule has 1 aliphatic rings. The Kier molecular flexibility index (Phi) is 6.90. The second-order valence-corrected chi connectivity index (χ2v) is 8.91. The zero-order chi connectivity index (χ0) is 24.4. The number of benzene rings is 2. The summed E-state index contributed by atoms with van der Waals surface area (Å²) in [5.41, 5.74) is 2.05. The van der Waals surface area contributed by atoms with E-state index in [4.69, 9.17) is 25.8 Å². The molecule has 3 aromatic rings. The van der Waals surface area contributed by atoms with Crippen LogP contribution >= 0.6 is 22.9 Å². The molecule has 1 atom stereocenters. The number of methoxy groups -OCH3 is 2. The summed E-state index contributed by atoms with van der Waals surface area (Å²) in [6, 6.07) is 11.8. The predicted octanol–water partition coefficient (Wildman–Crippen LogP) is 3.47. The number of hydrogen-bond acceptors (Lipinski definition) is 7. The minimum absolute atomic E-state index is 0.204. The van der Waals surface area contributed by atoms with Gasteiger partial charge in [0.15, 0.2) is 16.3 Å². The molecule has 1 aromatic heterocycles. The lowest BCUT2D eigenvalue weighted by molar-refractivity contribution is -0.139. The first-order valence-electron chi connectivity index (χ1n) is 10.5. The van der Waals surface area contributed by atoms with Gasteiger partial charge in [0.2, 0.25) is 0 Å². The Hall–Kier alpha value is -3.36. The van der Waals surface area contributed by atoms with Crippen molar-refractivity contribution in [3.63, 3.8) is 0 Å². The minimum atomic E-state index is -0.734. The van der Waals surface area contributed by atoms with Crippen molar-refractivity contribution < 1.29 is 19.0 Å². The van der Waals surface area contributed by atoms with E-state index in [1.165, 1.54) is 23.0 Å². The molecule has 34 heavy (non-hydrogen) atoms. The number of ether oxygens (including phenoxy) is 3. The quantitative estimate of drug-likeness (QED) is 0.486. The smallest absolute Gasteiger partial charge is 0.338 e. The summed E-state index contributed by atoms with van der Waals surface area (Å²) < 4.78 is 18.2. The number of rotatable bonds is 6. The summed E-state index contributed by atoms with van der Waals surface area (Å²) in [6.45, 7) is 3.69. The van der Waals surface area contributed by atoms with Gasteiger partial charge in [-0.25, -0.2) is 9.79 Å². The molecule has 0 saturated carbocycles. The second-order valence-electron chi connectivity index (χ2n) is 7.47. The first kappa shape index (κ1) is 23.8. The van der Waals surface area contributed by atoms with E-state index in [0.29, 0.717) is 42.7 Å². The molecule has 2 heterocycles. The van der Waals surface area contributed by atoms with Crippen LogP contribution in [0.2, 0.25) is 5.02 Å². The highest BCUT2D eigenvalue weighted by molar-refractivity contribution is 7.07. The van der Waals surface area contributed by atoms with E-state index in [2.05, 4.69) is 4.99 Å². The van der Waals surface area contributed by atoms with Crippen LogP contribution in [-0.2, 0) is 9.53 Å². The van der Waals surface area contributed by atoms with E-state index >= 15 is 0 Å². The number of nitrogens with zero attached hydrogens (tertiary/aromatic N) is 2.